The van der Waals surface area contributed by atoms with Gasteiger partial charge in [-0.1, -0.05) is 0 Å². The van der Waals surface area contributed by atoms with Crippen LogP contribution in [0.15, 0.2) is 36.7 Å². The highest BCUT2D eigenvalue weighted by molar-refractivity contribution is 5.87. The number of aromatic nitrogens is 2. The van der Waals surface area contributed by atoms with Crippen molar-refractivity contribution < 1.29 is 28.9 Å². The summed E-state index contributed by atoms with van der Waals surface area (Å²) < 4.78 is 16.4. The standard InChI is InChI=1S/C17H14N4O8/c1-27-15-5-10(14(21(25)26)7-16(15)28-2)8-29-17(22)19-9-18-12-6-11(20(23)24)3-4-13(12)19/h3-7,9H,8H2,1-2H3. The van der Waals surface area contributed by atoms with Crippen molar-refractivity contribution in [1.29, 1.82) is 0 Å². The second-order valence-corrected chi connectivity index (χ2v) is 5.69. The molecule has 0 atom stereocenters. The second-order valence-electron chi connectivity index (χ2n) is 5.69. The summed E-state index contributed by atoms with van der Waals surface area (Å²) in [5.41, 5.74) is 0.148. The van der Waals surface area contributed by atoms with E-state index < -0.39 is 22.5 Å². The molecule has 0 bridgehead atoms. The van der Waals surface area contributed by atoms with E-state index in [4.69, 9.17) is 14.2 Å². The number of nitrogens with zero attached hydrogens (tertiary/aromatic N) is 4. The number of hydrogen-bond acceptors (Lipinski definition) is 9. The van der Waals surface area contributed by atoms with E-state index in [0.29, 0.717) is 5.52 Å². The van der Waals surface area contributed by atoms with Crippen molar-refractivity contribution in [3.05, 3.63) is 62.5 Å². The smallest absolute Gasteiger partial charge is 0.420 e. The van der Waals surface area contributed by atoms with Gasteiger partial charge in [0, 0.05) is 12.1 Å². The fourth-order valence-corrected chi connectivity index (χ4v) is 2.67. The topological polar surface area (TPSA) is 149 Å². The molecule has 3 aromatic rings. The van der Waals surface area contributed by atoms with Crippen molar-refractivity contribution in [1.82, 2.24) is 9.55 Å². The molecule has 0 amide bonds. The molecule has 0 N–H and O–H groups in total. The molecule has 0 aliphatic carbocycles. The van der Waals surface area contributed by atoms with Gasteiger partial charge in [0.05, 0.1) is 46.7 Å². The molecule has 1 aromatic heterocycles. The Morgan fingerprint density at radius 1 is 1.07 bits per heavy atom. The summed E-state index contributed by atoms with van der Waals surface area (Å²) in [6.45, 7) is -0.415. The van der Waals surface area contributed by atoms with Gasteiger partial charge in [0.2, 0.25) is 0 Å². The monoisotopic (exact) mass is 402 g/mol. The molecule has 0 saturated carbocycles. The van der Waals surface area contributed by atoms with E-state index in [9.17, 15) is 25.0 Å². The highest BCUT2D eigenvalue weighted by Crippen LogP contribution is 2.35. The first-order chi connectivity index (χ1) is 13.8. The summed E-state index contributed by atoms with van der Waals surface area (Å²) >= 11 is 0. The minimum absolute atomic E-state index is 0.0982. The maximum absolute atomic E-state index is 12.4. The zero-order chi connectivity index (χ0) is 21.1. The largest absolute Gasteiger partial charge is 0.493 e. The highest BCUT2D eigenvalue weighted by atomic mass is 16.6. The van der Waals surface area contributed by atoms with Crippen molar-refractivity contribution >= 4 is 28.5 Å². The lowest BCUT2D eigenvalue weighted by molar-refractivity contribution is -0.385. The van der Waals surface area contributed by atoms with Crippen LogP contribution in [0.2, 0.25) is 0 Å². The van der Waals surface area contributed by atoms with Gasteiger partial charge in [-0.2, -0.15) is 0 Å². The number of hydrogen-bond donors (Lipinski definition) is 0. The van der Waals surface area contributed by atoms with Crippen LogP contribution in [0.5, 0.6) is 11.5 Å². The number of rotatable bonds is 6. The van der Waals surface area contributed by atoms with Crippen LogP contribution in [0.1, 0.15) is 5.56 Å². The Hall–Kier alpha value is -4.22. The average molecular weight is 402 g/mol. The molecule has 0 fully saturated rings. The maximum atomic E-state index is 12.4. The van der Waals surface area contributed by atoms with E-state index in [0.717, 1.165) is 10.9 Å². The number of carbonyl (C=O) groups is 1. The van der Waals surface area contributed by atoms with Crippen molar-refractivity contribution in [3.63, 3.8) is 0 Å². The summed E-state index contributed by atoms with van der Waals surface area (Å²) in [6.07, 6.45) is 0.296. The van der Waals surface area contributed by atoms with Gasteiger partial charge in [-0.3, -0.25) is 20.2 Å². The first kappa shape index (κ1) is 19.5. The summed E-state index contributed by atoms with van der Waals surface area (Å²) in [4.78, 5) is 37.3. The minimum Gasteiger partial charge on any atom is -0.493 e. The number of non-ortho nitro benzene ring substituents is 1. The molecule has 0 aliphatic heterocycles. The van der Waals surface area contributed by atoms with Crippen LogP contribution in [0, 0.1) is 20.2 Å². The summed E-state index contributed by atoms with van der Waals surface area (Å²) in [7, 11) is 2.71. The molecule has 0 spiro atoms. The van der Waals surface area contributed by atoms with E-state index in [-0.39, 0.29) is 34.0 Å². The zero-order valence-electron chi connectivity index (χ0n) is 15.2. The van der Waals surface area contributed by atoms with Gasteiger partial charge in [0.1, 0.15) is 12.9 Å². The number of nitro groups is 2. The van der Waals surface area contributed by atoms with Crippen LogP contribution >= 0.6 is 0 Å². The number of ether oxygens (including phenoxy) is 3. The van der Waals surface area contributed by atoms with Crippen LogP contribution in [0.4, 0.5) is 16.2 Å². The lowest BCUT2D eigenvalue weighted by Gasteiger charge is -2.11. The van der Waals surface area contributed by atoms with E-state index in [2.05, 4.69) is 4.98 Å². The van der Waals surface area contributed by atoms with Gasteiger partial charge in [0.25, 0.3) is 11.4 Å². The normalized spacial score (nSPS) is 10.6. The Morgan fingerprint density at radius 3 is 2.38 bits per heavy atom. The molecule has 3 rings (SSSR count). The van der Waals surface area contributed by atoms with Crippen LogP contribution in [-0.2, 0) is 11.3 Å². The summed E-state index contributed by atoms with van der Waals surface area (Å²) in [6, 6.07) is 6.33. The molecule has 29 heavy (non-hydrogen) atoms. The van der Waals surface area contributed by atoms with Crippen molar-refractivity contribution in [3.8, 4) is 11.5 Å². The Bertz CT molecular complexity index is 1120. The Labute approximate surface area is 162 Å². The molecule has 0 aliphatic rings. The molecule has 0 saturated heterocycles. The third-order valence-electron chi connectivity index (χ3n) is 4.07. The predicted molar refractivity (Wildman–Crippen MR) is 98.2 cm³/mol. The van der Waals surface area contributed by atoms with Gasteiger partial charge < -0.3 is 14.2 Å². The Balaban J connectivity index is 1.86. The highest BCUT2D eigenvalue weighted by Gasteiger charge is 2.22. The molecule has 150 valence electrons. The van der Waals surface area contributed by atoms with E-state index in [1.807, 2.05) is 0 Å². The van der Waals surface area contributed by atoms with Gasteiger partial charge in [-0.25, -0.2) is 14.3 Å². The molecular weight excluding hydrogens is 388 g/mol. The lowest BCUT2D eigenvalue weighted by atomic mass is 10.1. The number of fused-ring (bicyclic) bond motifs is 1. The van der Waals surface area contributed by atoms with Crippen molar-refractivity contribution in [2.45, 2.75) is 6.61 Å². The molecule has 1 heterocycles. The molecule has 12 heteroatoms. The second kappa shape index (κ2) is 7.80. The fourth-order valence-electron chi connectivity index (χ4n) is 2.67. The molecular formula is C17H14N4O8. The number of imidazole rings is 1. The fraction of sp³-hybridized carbons (Fsp3) is 0.176. The molecule has 12 nitrogen and oxygen atoms in total. The van der Waals surface area contributed by atoms with Crippen molar-refractivity contribution in [2.24, 2.45) is 0 Å². The van der Waals surface area contributed by atoms with E-state index in [1.54, 1.807) is 0 Å². The molecule has 0 unspecified atom stereocenters. The van der Waals surface area contributed by atoms with E-state index >= 15 is 0 Å². The van der Waals surface area contributed by atoms with Gasteiger partial charge in [-0.15, -0.1) is 0 Å². The first-order valence-electron chi connectivity index (χ1n) is 8.03. The summed E-state index contributed by atoms with van der Waals surface area (Å²) in [5, 5.41) is 22.2. The Kier molecular flexibility index (Phi) is 5.25. The molecule has 2 aromatic carbocycles. The maximum Gasteiger partial charge on any atom is 0.420 e. The third-order valence-corrected chi connectivity index (χ3v) is 4.07. The van der Waals surface area contributed by atoms with Crippen LogP contribution in [0.3, 0.4) is 0 Å². The van der Waals surface area contributed by atoms with Gasteiger partial charge in [-0.05, 0) is 12.1 Å². The average Bonchev–Trinajstić information content (AvgIpc) is 3.14. The SMILES string of the molecule is COc1cc(COC(=O)n2cnc3cc([N+](=O)[O-])ccc32)c([N+](=O)[O-])cc1OC. The minimum atomic E-state index is -0.856. The number of nitro benzene ring substituents is 2. The third kappa shape index (κ3) is 3.76. The van der Waals surface area contributed by atoms with Gasteiger partial charge in [0.15, 0.2) is 11.5 Å². The lowest BCUT2D eigenvalue weighted by Crippen LogP contribution is -2.13. The number of methoxy groups -OCH3 is 2. The first-order valence-corrected chi connectivity index (χ1v) is 8.03. The van der Waals surface area contributed by atoms with Gasteiger partial charge >= 0.3 is 6.09 Å². The zero-order valence-corrected chi connectivity index (χ0v) is 15.2. The number of benzene rings is 2. The number of carbonyl (C=O) groups excluding carboxylic acids is 1. The van der Waals surface area contributed by atoms with Crippen LogP contribution in [0.25, 0.3) is 11.0 Å². The van der Waals surface area contributed by atoms with Crippen LogP contribution in [-0.4, -0.2) is 39.7 Å². The van der Waals surface area contributed by atoms with Crippen LogP contribution < -0.4 is 9.47 Å². The predicted octanol–water partition coefficient (Wildman–Crippen LogP) is 3.05. The van der Waals surface area contributed by atoms with E-state index in [1.165, 1.54) is 44.6 Å². The van der Waals surface area contributed by atoms with Crippen molar-refractivity contribution in [2.75, 3.05) is 14.2 Å². The summed E-state index contributed by atoms with van der Waals surface area (Å²) in [5.74, 6) is 0.404. The quantitative estimate of drug-likeness (QED) is 0.448. The molecule has 0 radical (unpaired) electrons. The Morgan fingerprint density at radius 2 is 1.76 bits per heavy atom.